The topological polar surface area (TPSA) is 55.1 Å². The van der Waals surface area contributed by atoms with Crippen molar-refractivity contribution in [3.05, 3.63) is 29.6 Å². The molecule has 1 saturated carbocycles. The molecule has 1 aliphatic carbocycles. The van der Waals surface area contributed by atoms with Crippen LogP contribution >= 0.6 is 0 Å². The number of carbonyl (C=O) groups is 1. The molecule has 1 aromatic carbocycles. The summed E-state index contributed by atoms with van der Waals surface area (Å²) in [5.41, 5.74) is 2.32. The SMILES string of the molecule is Cc1cccc2nc(C3(C(=O)O)CC3)n(C)c12. The lowest BCUT2D eigenvalue weighted by Crippen LogP contribution is -2.23. The van der Waals surface area contributed by atoms with Crippen molar-refractivity contribution >= 4 is 17.0 Å². The number of fused-ring (bicyclic) bond motifs is 1. The fourth-order valence-electron chi connectivity index (χ4n) is 2.55. The van der Waals surface area contributed by atoms with E-state index in [9.17, 15) is 9.90 Å². The molecule has 1 fully saturated rings. The molecule has 0 radical (unpaired) electrons. The lowest BCUT2D eigenvalue weighted by atomic mass is 10.1. The molecular weight excluding hydrogens is 216 g/mol. The molecule has 2 aromatic rings. The zero-order chi connectivity index (χ0) is 12.2. The number of nitrogens with zero attached hydrogens (tertiary/aromatic N) is 2. The Balaban J connectivity index is 2.29. The van der Waals surface area contributed by atoms with Crippen LogP contribution in [0.25, 0.3) is 11.0 Å². The Labute approximate surface area is 98.9 Å². The van der Waals surface area contributed by atoms with Gasteiger partial charge in [0.15, 0.2) is 0 Å². The van der Waals surface area contributed by atoms with Crippen LogP contribution < -0.4 is 0 Å². The molecule has 17 heavy (non-hydrogen) atoms. The summed E-state index contributed by atoms with van der Waals surface area (Å²) in [5.74, 6) is -0.0668. The molecule has 1 aliphatic rings. The molecule has 0 aliphatic heterocycles. The molecule has 0 amide bonds. The Bertz CT molecular complexity index is 624. The monoisotopic (exact) mass is 230 g/mol. The normalized spacial score (nSPS) is 17.3. The number of carboxylic acids is 1. The van der Waals surface area contributed by atoms with Gasteiger partial charge in [-0.25, -0.2) is 4.98 Å². The van der Waals surface area contributed by atoms with Crippen LogP contribution in [0.2, 0.25) is 0 Å². The molecule has 0 saturated heterocycles. The van der Waals surface area contributed by atoms with Crippen LogP contribution in [-0.2, 0) is 17.3 Å². The van der Waals surface area contributed by atoms with E-state index in [1.165, 1.54) is 0 Å². The summed E-state index contributed by atoms with van der Waals surface area (Å²) in [6, 6.07) is 5.91. The maximum Gasteiger partial charge on any atom is 0.317 e. The van der Waals surface area contributed by atoms with Gasteiger partial charge in [-0.3, -0.25) is 4.79 Å². The summed E-state index contributed by atoms with van der Waals surface area (Å²) < 4.78 is 1.94. The lowest BCUT2D eigenvalue weighted by molar-refractivity contribution is -0.140. The van der Waals surface area contributed by atoms with Crippen LogP contribution in [0.5, 0.6) is 0 Å². The molecule has 4 nitrogen and oxygen atoms in total. The van der Waals surface area contributed by atoms with Crippen LogP contribution in [0.4, 0.5) is 0 Å². The predicted molar refractivity (Wildman–Crippen MR) is 64.0 cm³/mol. The van der Waals surface area contributed by atoms with Crippen LogP contribution in [-0.4, -0.2) is 20.6 Å². The molecule has 1 N–H and O–H groups in total. The van der Waals surface area contributed by atoms with E-state index in [-0.39, 0.29) is 0 Å². The first-order chi connectivity index (χ1) is 8.06. The number of aliphatic carboxylic acids is 1. The van der Waals surface area contributed by atoms with Crippen molar-refractivity contribution in [3.63, 3.8) is 0 Å². The standard InChI is InChI=1S/C13H14N2O2/c1-8-4-3-5-9-10(8)15(2)11(14-9)13(6-7-13)12(16)17/h3-5H,6-7H2,1-2H3,(H,16,17). The van der Waals surface area contributed by atoms with Crippen molar-refractivity contribution in [3.8, 4) is 0 Å². The third-order valence-electron chi connectivity index (χ3n) is 3.68. The van der Waals surface area contributed by atoms with Gasteiger partial charge in [0.25, 0.3) is 0 Å². The Hall–Kier alpha value is -1.84. The van der Waals surface area contributed by atoms with Gasteiger partial charge in [0, 0.05) is 7.05 Å². The van der Waals surface area contributed by atoms with Gasteiger partial charge in [-0.1, -0.05) is 12.1 Å². The maximum absolute atomic E-state index is 11.3. The highest BCUT2D eigenvalue weighted by atomic mass is 16.4. The fourth-order valence-corrected chi connectivity index (χ4v) is 2.55. The molecular formula is C13H14N2O2. The van der Waals surface area contributed by atoms with Crippen LogP contribution in [0, 0.1) is 6.92 Å². The van der Waals surface area contributed by atoms with E-state index < -0.39 is 11.4 Å². The van der Waals surface area contributed by atoms with E-state index in [1.807, 2.05) is 36.7 Å². The Morgan fingerprint density at radius 2 is 2.18 bits per heavy atom. The van der Waals surface area contributed by atoms with Crippen molar-refractivity contribution in [1.82, 2.24) is 9.55 Å². The molecule has 0 spiro atoms. The first kappa shape index (κ1) is 10.3. The van der Waals surface area contributed by atoms with Crippen molar-refractivity contribution in [1.29, 1.82) is 0 Å². The maximum atomic E-state index is 11.3. The predicted octanol–water partition coefficient (Wildman–Crippen LogP) is 2.00. The van der Waals surface area contributed by atoms with E-state index in [1.54, 1.807) is 0 Å². The van der Waals surface area contributed by atoms with E-state index in [4.69, 9.17) is 0 Å². The van der Waals surface area contributed by atoms with Crippen molar-refractivity contribution < 1.29 is 9.90 Å². The number of rotatable bonds is 2. The van der Waals surface area contributed by atoms with Gasteiger partial charge >= 0.3 is 5.97 Å². The number of aromatic nitrogens is 2. The number of hydrogen-bond donors (Lipinski definition) is 1. The first-order valence-corrected chi connectivity index (χ1v) is 5.72. The summed E-state index contributed by atoms with van der Waals surface area (Å²) in [5, 5.41) is 9.32. The third kappa shape index (κ3) is 1.24. The number of carboxylic acid groups (broad SMARTS) is 1. The van der Waals surface area contributed by atoms with Crippen molar-refractivity contribution in [2.75, 3.05) is 0 Å². The minimum absolute atomic E-state index is 0.689. The van der Waals surface area contributed by atoms with Crippen LogP contribution in [0.1, 0.15) is 24.2 Å². The lowest BCUT2D eigenvalue weighted by Gasteiger charge is -2.09. The number of para-hydroxylation sites is 1. The second-order valence-electron chi connectivity index (χ2n) is 4.82. The number of imidazole rings is 1. The first-order valence-electron chi connectivity index (χ1n) is 5.72. The Morgan fingerprint density at radius 1 is 1.47 bits per heavy atom. The minimum Gasteiger partial charge on any atom is -0.480 e. The molecule has 0 atom stereocenters. The van der Waals surface area contributed by atoms with Crippen molar-refractivity contribution in [2.45, 2.75) is 25.2 Å². The Kier molecular flexibility index (Phi) is 1.88. The summed E-state index contributed by atoms with van der Waals surface area (Å²) in [7, 11) is 1.90. The van der Waals surface area contributed by atoms with E-state index in [2.05, 4.69) is 4.98 Å². The second-order valence-corrected chi connectivity index (χ2v) is 4.82. The summed E-state index contributed by atoms with van der Waals surface area (Å²) >= 11 is 0. The average Bonchev–Trinajstić information content (AvgIpc) is 3.00. The Morgan fingerprint density at radius 3 is 2.71 bits per heavy atom. The van der Waals surface area contributed by atoms with Gasteiger partial charge in [-0.05, 0) is 31.4 Å². The van der Waals surface area contributed by atoms with Gasteiger partial charge in [0.05, 0.1) is 11.0 Å². The summed E-state index contributed by atoms with van der Waals surface area (Å²) in [4.78, 5) is 15.9. The highest BCUT2D eigenvalue weighted by Gasteiger charge is 2.55. The number of hydrogen-bond acceptors (Lipinski definition) is 2. The minimum atomic E-state index is -0.756. The highest BCUT2D eigenvalue weighted by Crippen LogP contribution is 2.48. The summed E-state index contributed by atoms with van der Waals surface area (Å²) in [6.07, 6.45) is 1.39. The fraction of sp³-hybridized carbons (Fsp3) is 0.385. The van der Waals surface area contributed by atoms with Gasteiger partial charge in [0.1, 0.15) is 11.2 Å². The second kappa shape index (κ2) is 3.09. The van der Waals surface area contributed by atoms with Gasteiger partial charge in [-0.15, -0.1) is 0 Å². The number of benzene rings is 1. The molecule has 4 heteroatoms. The van der Waals surface area contributed by atoms with Gasteiger partial charge in [-0.2, -0.15) is 0 Å². The van der Waals surface area contributed by atoms with E-state index in [0.717, 1.165) is 16.6 Å². The molecule has 0 bridgehead atoms. The zero-order valence-corrected chi connectivity index (χ0v) is 9.90. The molecule has 1 aromatic heterocycles. The molecule has 88 valence electrons. The smallest absolute Gasteiger partial charge is 0.317 e. The number of aryl methyl sites for hydroxylation is 2. The van der Waals surface area contributed by atoms with Crippen LogP contribution in [0.15, 0.2) is 18.2 Å². The largest absolute Gasteiger partial charge is 0.480 e. The van der Waals surface area contributed by atoms with Crippen LogP contribution in [0.3, 0.4) is 0 Å². The highest BCUT2D eigenvalue weighted by molar-refractivity contribution is 5.87. The van der Waals surface area contributed by atoms with E-state index >= 15 is 0 Å². The van der Waals surface area contributed by atoms with Gasteiger partial charge in [0.2, 0.25) is 0 Å². The quantitative estimate of drug-likeness (QED) is 0.858. The van der Waals surface area contributed by atoms with Crippen molar-refractivity contribution in [2.24, 2.45) is 7.05 Å². The summed E-state index contributed by atoms with van der Waals surface area (Å²) in [6.45, 7) is 2.02. The van der Waals surface area contributed by atoms with E-state index in [0.29, 0.717) is 18.7 Å². The average molecular weight is 230 g/mol. The molecule has 3 rings (SSSR count). The third-order valence-corrected chi connectivity index (χ3v) is 3.68. The zero-order valence-electron chi connectivity index (χ0n) is 9.90. The van der Waals surface area contributed by atoms with Gasteiger partial charge < -0.3 is 9.67 Å². The molecule has 1 heterocycles. The molecule has 0 unspecified atom stereocenters.